The van der Waals surface area contributed by atoms with E-state index in [-0.39, 0.29) is 5.92 Å². The van der Waals surface area contributed by atoms with E-state index in [9.17, 15) is 4.79 Å². The van der Waals surface area contributed by atoms with Crippen LogP contribution in [-0.2, 0) is 4.79 Å². The molecule has 0 radical (unpaired) electrons. The number of rotatable bonds is 5. The SMILES string of the molecule is COc1ccc(C#N)c(NC(C(=O)O)C(C)C)c1. The van der Waals surface area contributed by atoms with Gasteiger partial charge >= 0.3 is 5.97 Å². The molecule has 0 bridgehead atoms. The zero-order valence-electron chi connectivity index (χ0n) is 10.6. The molecule has 0 aliphatic heterocycles. The molecule has 5 heteroatoms. The van der Waals surface area contributed by atoms with Crippen LogP contribution in [0, 0.1) is 17.2 Å². The van der Waals surface area contributed by atoms with E-state index in [0.717, 1.165) is 0 Å². The number of carboxylic acids is 1. The van der Waals surface area contributed by atoms with Gasteiger partial charge in [-0.2, -0.15) is 5.26 Å². The summed E-state index contributed by atoms with van der Waals surface area (Å²) < 4.78 is 5.06. The number of methoxy groups -OCH3 is 1. The molecule has 0 fully saturated rings. The molecule has 1 atom stereocenters. The molecule has 0 aliphatic rings. The third-order valence-corrected chi connectivity index (χ3v) is 2.59. The highest BCUT2D eigenvalue weighted by atomic mass is 16.5. The number of carboxylic acid groups (broad SMARTS) is 1. The van der Waals surface area contributed by atoms with Crippen LogP contribution in [0.5, 0.6) is 5.75 Å². The Balaban J connectivity index is 3.08. The van der Waals surface area contributed by atoms with Crippen LogP contribution < -0.4 is 10.1 Å². The molecule has 0 heterocycles. The van der Waals surface area contributed by atoms with Crippen molar-refractivity contribution >= 4 is 11.7 Å². The Morgan fingerprint density at radius 2 is 2.17 bits per heavy atom. The standard InChI is InChI=1S/C13H16N2O3/c1-8(2)12(13(16)17)15-11-6-10(18-3)5-4-9(11)7-14/h4-6,8,12,15H,1-3H3,(H,16,17). The van der Waals surface area contributed by atoms with Crippen molar-refractivity contribution in [1.82, 2.24) is 0 Å². The molecule has 1 rings (SSSR count). The molecule has 0 spiro atoms. The highest BCUT2D eigenvalue weighted by Gasteiger charge is 2.22. The van der Waals surface area contributed by atoms with E-state index < -0.39 is 12.0 Å². The van der Waals surface area contributed by atoms with E-state index in [4.69, 9.17) is 15.1 Å². The van der Waals surface area contributed by atoms with Crippen LogP contribution in [0.1, 0.15) is 19.4 Å². The zero-order chi connectivity index (χ0) is 13.7. The first kappa shape index (κ1) is 13.8. The van der Waals surface area contributed by atoms with Crippen molar-refractivity contribution in [1.29, 1.82) is 5.26 Å². The van der Waals surface area contributed by atoms with Crippen LogP contribution in [0.15, 0.2) is 18.2 Å². The number of aliphatic carboxylic acids is 1. The van der Waals surface area contributed by atoms with Gasteiger partial charge in [0.05, 0.1) is 18.4 Å². The summed E-state index contributed by atoms with van der Waals surface area (Å²) in [7, 11) is 1.52. The van der Waals surface area contributed by atoms with Gasteiger partial charge in [-0.15, -0.1) is 0 Å². The van der Waals surface area contributed by atoms with Gasteiger partial charge in [0.15, 0.2) is 0 Å². The lowest BCUT2D eigenvalue weighted by atomic mass is 10.0. The summed E-state index contributed by atoms with van der Waals surface area (Å²) in [5.41, 5.74) is 0.862. The third kappa shape index (κ3) is 3.14. The molecule has 1 aromatic carbocycles. The lowest BCUT2D eigenvalue weighted by Crippen LogP contribution is -2.34. The molecule has 96 valence electrons. The second-order valence-electron chi connectivity index (χ2n) is 4.23. The predicted molar refractivity (Wildman–Crippen MR) is 67.6 cm³/mol. The van der Waals surface area contributed by atoms with Crippen LogP contribution >= 0.6 is 0 Å². The minimum atomic E-state index is -0.947. The molecular weight excluding hydrogens is 232 g/mol. The number of nitrogens with zero attached hydrogens (tertiary/aromatic N) is 1. The Bertz CT molecular complexity index is 478. The van der Waals surface area contributed by atoms with Crippen molar-refractivity contribution in [2.45, 2.75) is 19.9 Å². The van der Waals surface area contributed by atoms with Gasteiger partial charge < -0.3 is 15.2 Å². The zero-order valence-corrected chi connectivity index (χ0v) is 10.6. The number of nitriles is 1. The van der Waals surface area contributed by atoms with Crippen LogP contribution in [-0.4, -0.2) is 24.2 Å². The van der Waals surface area contributed by atoms with Gasteiger partial charge in [-0.1, -0.05) is 13.8 Å². The van der Waals surface area contributed by atoms with E-state index in [0.29, 0.717) is 17.0 Å². The largest absolute Gasteiger partial charge is 0.497 e. The molecule has 0 aromatic heterocycles. The number of ether oxygens (including phenoxy) is 1. The normalized spacial score (nSPS) is 11.7. The molecule has 0 saturated carbocycles. The average Bonchev–Trinajstić information content (AvgIpc) is 2.34. The summed E-state index contributed by atoms with van der Waals surface area (Å²) in [5.74, 6) is -0.471. The molecule has 18 heavy (non-hydrogen) atoms. The van der Waals surface area contributed by atoms with Crippen molar-refractivity contribution in [3.8, 4) is 11.8 Å². The quantitative estimate of drug-likeness (QED) is 0.833. The third-order valence-electron chi connectivity index (χ3n) is 2.59. The lowest BCUT2D eigenvalue weighted by Gasteiger charge is -2.20. The molecule has 0 amide bonds. The second kappa shape index (κ2) is 5.92. The van der Waals surface area contributed by atoms with Crippen molar-refractivity contribution < 1.29 is 14.6 Å². The predicted octanol–water partition coefficient (Wildman–Crippen LogP) is 2.09. The van der Waals surface area contributed by atoms with Crippen molar-refractivity contribution in [3.05, 3.63) is 23.8 Å². The fourth-order valence-corrected chi connectivity index (χ4v) is 1.55. The summed E-state index contributed by atoms with van der Waals surface area (Å²) in [5, 5.41) is 21.0. The minimum absolute atomic E-state index is 0.0970. The molecule has 1 unspecified atom stereocenters. The summed E-state index contributed by atoms with van der Waals surface area (Å²) in [6.45, 7) is 3.61. The maximum atomic E-state index is 11.1. The first-order valence-corrected chi connectivity index (χ1v) is 5.57. The van der Waals surface area contributed by atoms with Gasteiger partial charge in [-0.25, -0.2) is 4.79 Å². The van der Waals surface area contributed by atoms with Gasteiger partial charge in [-0.3, -0.25) is 0 Å². The number of benzene rings is 1. The molecule has 0 saturated heterocycles. The number of nitrogens with one attached hydrogen (secondary N) is 1. The fraction of sp³-hybridized carbons (Fsp3) is 0.385. The topological polar surface area (TPSA) is 82.3 Å². The first-order chi connectivity index (χ1) is 8.49. The Hall–Kier alpha value is -2.22. The van der Waals surface area contributed by atoms with Gasteiger partial charge in [0.1, 0.15) is 17.9 Å². The van der Waals surface area contributed by atoms with Gasteiger partial charge in [-0.05, 0) is 18.1 Å². The van der Waals surface area contributed by atoms with Crippen LogP contribution in [0.25, 0.3) is 0 Å². The number of hydrogen-bond donors (Lipinski definition) is 2. The number of anilines is 1. The van der Waals surface area contributed by atoms with Crippen molar-refractivity contribution in [2.24, 2.45) is 5.92 Å². The second-order valence-corrected chi connectivity index (χ2v) is 4.23. The molecule has 1 aromatic rings. The number of hydrogen-bond acceptors (Lipinski definition) is 4. The lowest BCUT2D eigenvalue weighted by molar-refractivity contribution is -0.138. The molecule has 5 nitrogen and oxygen atoms in total. The van der Waals surface area contributed by atoms with Gasteiger partial charge in [0, 0.05) is 6.07 Å². The van der Waals surface area contributed by atoms with Crippen molar-refractivity contribution in [3.63, 3.8) is 0 Å². The van der Waals surface area contributed by atoms with E-state index in [1.165, 1.54) is 7.11 Å². The maximum absolute atomic E-state index is 11.1. The number of carbonyl (C=O) groups is 1. The summed E-state index contributed by atoms with van der Waals surface area (Å²) in [6.07, 6.45) is 0. The Morgan fingerprint density at radius 1 is 1.50 bits per heavy atom. The van der Waals surface area contributed by atoms with Gasteiger partial charge in [0.2, 0.25) is 0 Å². The highest BCUT2D eigenvalue weighted by molar-refractivity contribution is 5.78. The minimum Gasteiger partial charge on any atom is -0.497 e. The van der Waals surface area contributed by atoms with E-state index >= 15 is 0 Å². The van der Waals surface area contributed by atoms with Gasteiger partial charge in [0.25, 0.3) is 0 Å². The van der Waals surface area contributed by atoms with Crippen LogP contribution in [0.3, 0.4) is 0 Å². The van der Waals surface area contributed by atoms with E-state index in [1.54, 1.807) is 32.0 Å². The highest BCUT2D eigenvalue weighted by Crippen LogP contribution is 2.23. The smallest absolute Gasteiger partial charge is 0.326 e. The fourth-order valence-electron chi connectivity index (χ4n) is 1.55. The Labute approximate surface area is 106 Å². The van der Waals surface area contributed by atoms with Crippen LogP contribution in [0.2, 0.25) is 0 Å². The average molecular weight is 248 g/mol. The Morgan fingerprint density at radius 3 is 2.61 bits per heavy atom. The summed E-state index contributed by atoms with van der Waals surface area (Å²) in [4.78, 5) is 11.1. The van der Waals surface area contributed by atoms with E-state index in [2.05, 4.69) is 5.32 Å². The first-order valence-electron chi connectivity index (χ1n) is 5.57. The monoisotopic (exact) mass is 248 g/mol. The molecule has 2 N–H and O–H groups in total. The summed E-state index contributed by atoms with van der Waals surface area (Å²) in [6, 6.07) is 6.15. The van der Waals surface area contributed by atoms with E-state index in [1.807, 2.05) is 6.07 Å². The van der Waals surface area contributed by atoms with Crippen molar-refractivity contribution in [2.75, 3.05) is 12.4 Å². The maximum Gasteiger partial charge on any atom is 0.326 e. The Kier molecular flexibility index (Phi) is 4.55. The molecular formula is C13H16N2O3. The van der Waals surface area contributed by atoms with Crippen LogP contribution in [0.4, 0.5) is 5.69 Å². The summed E-state index contributed by atoms with van der Waals surface area (Å²) >= 11 is 0. The molecule has 0 aliphatic carbocycles.